The maximum absolute atomic E-state index is 12.2. The van der Waals surface area contributed by atoms with Gasteiger partial charge in [0.1, 0.15) is 5.76 Å². The third-order valence-corrected chi connectivity index (χ3v) is 5.11. The van der Waals surface area contributed by atoms with E-state index in [9.17, 15) is 4.79 Å². The summed E-state index contributed by atoms with van der Waals surface area (Å²) in [5.74, 6) is 1.11. The average Bonchev–Trinajstić information content (AvgIpc) is 3.30. The van der Waals surface area contributed by atoms with Gasteiger partial charge in [0, 0.05) is 28.9 Å². The molecule has 3 aromatic heterocycles. The number of hydrogen-bond donors (Lipinski definition) is 1. The summed E-state index contributed by atoms with van der Waals surface area (Å²) in [6.45, 7) is 3.78. The van der Waals surface area contributed by atoms with Gasteiger partial charge in [-0.05, 0) is 44.2 Å². The minimum absolute atomic E-state index is 0.258. The Kier molecular flexibility index (Phi) is 4.55. The van der Waals surface area contributed by atoms with Crippen LogP contribution in [0.15, 0.2) is 46.3 Å². The second kappa shape index (κ2) is 7.02. The number of aryl methyl sites for hydroxylation is 2. The monoisotopic (exact) mass is 398 g/mol. The fraction of sp³-hybridized carbons (Fsp3) is 0.105. The molecule has 1 aromatic carbocycles. The summed E-state index contributed by atoms with van der Waals surface area (Å²) in [6, 6.07) is 7.32. The molecule has 27 heavy (non-hydrogen) atoms. The Morgan fingerprint density at radius 3 is 2.74 bits per heavy atom. The molecule has 6 nitrogen and oxygen atoms in total. The smallest absolute Gasteiger partial charge is 0.248 e. The molecule has 136 valence electrons. The first-order valence-corrected chi connectivity index (χ1v) is 9.41. The first-order chi connectivity index (χ1) is 13.0. The van der Waals surface area contributed by atoms with E-state index in [-0.39, 0.29) is 5.91 Å². The number of hydrogen-bond acceptors (Lipinski definition) is 5. The molecule has 0 radical (unpaired) electrons. The van der Waals surface area contributed by atoms with Crippen molar-refractivity contribution in [1.29, 1.82) is 0 Å². The van der Waals surface area contributed by atoms with Gasteiger partial charge in [0.2, 0.25) is 11.8 Å². The Balaban J connectivity index is 1.46. The molecule has 1 N–H and O–H groups in total. The van der Waals surface area contributed by atoms with E-state index in [1.54, 1.807) is 18.2 Å². The largest absolute Gasteiger partial charge is 0.441 e. The number of nitrogens with one attached hydrogen (secondary N) is 1. The number of thiazole rings is 1. The minimum atomic E-state index is -0.258. The summed E-state index contributed by atoms with van der Waals surface area (Å²) in [4.78, 5) is 21.6. The van der Waals surface area contributed by atoms with Gasteiger partial charge in [0.25, 0.3) is 0 Å². The number of oxazole rings is 1. The zero-order chi connectivity index (χ0) is 19.0. The lowest BCUT2D eigenvalue weighted by Gasteiger charge is -2.03. The molecule has 0 saturated carbocycles. The molecule has 0 aliphatic heterocycles. The van der Waals surface area contributed by atoms with Gasteiger partial charge in [0.05, 0.1) is 11.4 Å². The van der Waals surface area contributed by atoms with E-state index in [1.165, 1.54) is 17.4 Å². The molecule has 0 fully saturated rings. The first kappa shape index (κ1) is 17.5. The lowest BCUT2D eigenvalue weighted by atomic mass is 10.2. The zero-order valence-corrected chi connectivity index (χ0v) is 16.1. The molecule has 4 rings (SSSR count). The molecule has 0 aliphatic carbocycles. The lowest BCUT2D eigenvalue weighted by molar-refractivity contribution is -0.111. The Hall–Kier alpha value is -2.90. The van der Waals surface area contributed by atoms with E-state index >= 15 is 0 Å². The SMILES string of the molecule is Cc1nc(-c2ccc(NC(=O)/C=C/c3c(Cl)nc4sccn34)cc2)oc1C. The van der Waals surface area contributed by atoms with Crippen LogP contribution in [0.1, 0.15) is 17.1 Å². The van der Waals surface area contributed by atoms with Crippen LogP contribution in [0.3, 0.4) is 0 Å². The molecule has 3 heterocycles. The third-order valence-electron chi connectivity index (χ3n) is 4.07. The molecule has 1 amide bonds. The number of nitrogens with zero attached hydrogens (tertiary/aromatic N) is 3. The Morgan fingerprint density at radius 2 is 2.04 bits per heavy atom. The topological polar surface area (TPSA) is 72.4 Å². The Morgan fingerprint density at radius 1 is 1.26 bits per heavy atom. The van der Waals surface area contributed by atoms with Crippen LogP contribution in [-0.2, 0) is 4.79 Å². The summed E-state index contributed by atoms with van der Waals surface area (Å²) < 4.78 is 7.45. The third kappa shape index (κ3) is 3.51. The highest BCUT2D eigenvalue weighted by Gasteiger charge is 2.10. The van der Waals surface area contributed by atoms with Gasteiger partial charge < -0.3 is 9.73 Å². The summed E-state index contributed by atoms with van der Waals surface area (Å²) in [7, 11) is 0. The lowest BCUT2D eigenvalue weighted by Crippen LogP contribution is -2.07. The molecule has 8 heteroatoms. The van der Waals surface area contributed by atoms with Crippen molar-refractivity contribution in [2.75, 3.05) is 5.32 Å². The fourth-order valence-corrected chi connectivity index (χ4v) is 3.56. The van der Waals surface area contributed by atoms with Crippen molar-refractivity contribution >= 4 is 45.6 Å². The van der Waals surface area contributed by atoms with Gasteiger partial charge in [-0.1, -0.05) is 11.6 Å². The van der Waals surface area contributed by atoms with E-state index in [2.05, 4.69) is 15.3 Å². The molecular weight excluding hydrogens is 384 g/mol. The number of anilines is 1. The van der Waals surface area contributed by atoms with Crippen LogP contribution in [0.4, 0.5) is 5.69 Å². The number of aromatic nitrogens is 3. The van der Waals surface area contributed by atoms with E-state index in [4.69, 9.17) is 16.0 Å². The van der Waals surface area contributed by atoms with Crippen molar-refractivity contribution < 1.29 is 9.21 Å². The quantitative estimate of drug-likeness (QED) is 0.492. The molecule has 4 aromatic rings. The number of fused-ring (bicyclic) bond motifs is 1. The number of carbonyl (C=O) groups is 1. The fourth-order valence-electron chi connectivity index (χ4n) is 2.56. The van der Waals surface area contributed by atoms with Gasteiger partial charge in [-0.15, -0.1) is 11.3 Å². The summed E-state index contributed by atoms with van der Waals surface area (Å²) in [5, 5.41) is 5.09. The van der Waals surface area contributed by atoms with Gasteiger partial charge in [-0.3, -0.25) is 9.20 Å². The molecule has 0 spiro atoms. The van der Waals surface area contributed by atoms with Crippen molar-refractivity contribution in [3.05, 3.63) is 64.2 Å². The molecule has 0 aliphatic rings. The number of amides is 1. The van der Waals surface area contributed by atoms with Crippen molar-refractivity contribution in [3.8, 4) is 11.5 Å². The standard InChI is InChI=1S/C19H15ClN4O2S/c1-11-12(2)26-18(21-11)13-3-5-14(6-4-13)22-16(25)8-7-15-17(20)23-19-24(15)9-10-27-19/h3-10H,1-2H3,(H,22,25)/b8-7+. The van der Waals surface area contributed by atoms with Gasteiger partial charge in [0.15, 0.2) is 10.1 Å². The van der Waals surface area contributed by atoms with Gasteiger partial charge in [-0.2, -0.15) is 0 Å². The van der Waals surface area contributed by atoms with Gasteiger partial charge >= 0.3 is 0 Å². The van der Waals surface area contributed by atoms with E-state index in [0.29, 0.717) is 22.4 Å². The highest BCUT2D eigenvalue weighted by molar-refractivity contribution is 7.15. The van der Waals surface area contributed by atoms with Crippen LogP contribution in [0.25, 0.3) is 22.5 Å². The maximum atomic E-state index is 12.2. The van der Waals surface area contributed by atoms with Crippen LogP contribution in [-0.4, -0.2) is 20.3 Å². The molecule has 0 atom stereocenters. The summed E-state index contributed by atoms with van der Waals surface area (Å²) in [6.07, 6.45) is 4.94. The maximum Gasteiger partial charge on any atom is 0.248 e. The molecule has 0 unspecified atom stereocenters. The van der Waals surface area contributed by atoms with Gasteiger partial charge in [-0.25, -0.2) is 9.97 Å². The number of halogens is 1. The van der Waals surface area contributed by atoms with Crippen molar-refractivity contribution in [1.82, 2.24) is 14.4 Å². The normalized spacial score (nSPS) is 11.5. The van der Waals surface area contributed by atoms with Crippen LogP contribution in [0.5, 0.6) is 0 Å². The number of carbonyl (C=O) groups excluding carboxylic acids is 1. The van der Waals surface area contributed by atoms with Crippen LogP contribution < -0.4 is 5.32 Å². The second-order valence-corrected chi connectivity index (χ2v) is 7.14. The van der Waals surface area contributed by atoms with Crippen LogP contribution in [0, 0.1) is 13.8 Å². The Labute approximate surface area is 164 Å². The summed E-state index contributed by atoms with van der Waals surface area (Å²) in [5.41, 5.74) is 3.07. The zero-order valence-electron chi connectivity index (χ0n) is 14.6. The first-order valence-electron chi connectivity index (χ1n) is 8.16. The molecule has 0 saturated heterocycles. The van der Waals surface area contributed by atoms with Crippen LogP contribution in [0.2, 0.25) is 5.15 Å². The predicted octanol–water partition coefficient (Wildman–Crippen LogP) is 4.97. The van der Waals surface area contributed by atoms with Crippen molar-refractivity contribution in [2.45, 2.75) is 13.8 Å². The predicted molar refractivity (Wildman–Crippen MR) is 107 cm³/mol. The van der Waals surface area contributed by atoms with E-state index < -0.39 is 0 Å². The van der Waals surface area contributed by atoms with Crippen LogP contribution >= 0.6 is 22.9 Å². The summed E-state index contributed by atoms with van der Waals surface area (Å²) >= 11 is 7.60. The number of imidazole rings is 1. The number of rotatable bonds is 4. The highest BCUT2D eigenvalue weighted by atomic mass is 35.5. The Bertz CT molecular complexity index is 1140. The minimum Gasteiger partial charge on any atom is -0.441 e. The number of benzene rings is 1. The average molecular weight is 399 g/mol. The molecular formula is C19H15ClN4O2S. The van der Waals surface area contributed by atoms with Crippen molar-refractivity contribution in [2.24, 2.45) is 0 Å². The van der Waals surface area contributed by atoms with Crippen molar-refractivity contribution in [3.63, 3.8) is 0 Å². The van der Waals surface area contributed by atoms with E-state index in [1.807, 2.05) is 42.0 Å². The second-order valence-electron chi connectivity index (χ2n) is 5.90. The highest BCUT2D eigenvalue weighted by Crippen LogP contribution is 2.24. The van der Waals surface area contributed by atoms with E-state index in [0.717, 1.165) is 22.0 Å². The molecule has 0 bridgehead atoms.